The molecule has 1 atom stereocenters. The molecule has 0 spiro atoms. The summed E-state index contributed by atoms with van der Waals surface area (Å²) in [5.41, 5.74) is 0.438. The summed E-state index contributed by atoms with van der Waals surface area (Å²) in [6, 6.07) is 19.2. The number of esters is 1. The molecular formula is C26H22N2O8. The van der Waals surface area contributed by atoms with Gasteiger partial charge in [-0.3, -0.25) is 24.5 Å². The highest BCUT2D eigenvalue weighted by atomic mass is 16.6. The summed E-state index contributed by atoms with van der Waals surface area (Å²) in [5.74, 6) is -0.303. The Hall–Kier alpha value is -4.73. The fourth-order valence-electron chi connectivity index (χ4n) is 3.72. The van der Waals surface area contributed by atoms with Crippen LogP contribution in [0.15, 0.2) is 72.8 Å². The number of hydrogen-bond donors (Lipinski definition) is 0. The molecule has 1 aliphatic heterocycles. The van der Waals surface area contributed by atoms with Crippen LogP contribution in [0.4, 0.5) is 11.4 Å². The van der Waals surface area contributed by atoms with Crippen LogP contribution in [0.5, 0.6) is 17.2 Å². The van der Waals surface area contributed by atoms with Crippen molar-refractivity contribution >= 4 is 29.0 Å². The second-order valence-corrected chi connectivity index (χ2v) is 8.02. The van der Waals surface area contributed by atoms with E-state index in [0.717, 1.165) is 6.07 Å². The number of hydrogen-bond acceptors (Lipinski definition) is 8. The zero-order valence-electron chi connectivity index (χ0n) is 19.3. The number of rotatable bonds is 9. The summed E-state index contributed by atoms with van der Waals surface area (Å²) in [4.78, 5) is 49.1. The fourth-order valence-corrected chi connectivity index (χ4v) is 3.72. The lowest BCUT2D eigenvalue weighted by Gasteiger charge is -2.17. The molecule has 1 aliphatic rings. The Morgan fingerprint density at radius 2 is 1.64 bits per heavy atom. The second-order valence-electron chi connectivity index (χ2n) is 8.02. The van der Waals surface area contributed by atoms with Crippen molar-refractivity contribution in [1.29, 1.82) is 0 Å². The highest BCUT2D eigenvalue weighted by Crippen LogP contribution is 2.30. The summed E-state index contributed by atoms with van der Waals surface area (Å²) in [7, 11) is 1.58. The van der Waals surface area contributed by atoms with E-state index in [2.05, 4.69) is 0 Å². The molecule has 0 N–H and O–H groups in total. The molecule has 10 nitrogen and oxygen atoms in total. The molecule has 3 aromatic carbocycles. The van der Waals surface area contributed by atoms with E-state index >= 15 is 0 Å². The van der Waals surface area contributed by atoms with Crippen molar-refractivity contribution in [2.75, 3.05) is 25.2 Å². The molecule has 1 fully saturated rings. The highest BCUT2D eigenvalue weighted by molar-refractivity contribution is 6.01. The Balaban J connectivity index is 1.32. The average molecular weight is 490 g/mol. The number of methoxy groups -OCH3 is 1. The molecule has 0 aromatic heterocycles. The van der Waals surface area contributed by atoms with Gasteiger partial charge in [0.25, 0.3) is 5.69 Å². The number of nitrogens with zero attached hydrogens (tertiary/aromatic N) is 2. The van der Waals surface area contributed by atoms with Crippen LogP contribution >= 0.6 is 0 Å². The standard InChI is InChI=1S/C26H22N2O8/c1-34-21-9-11-23(12-10-21)36-22-7-5-19(6-8-22)27-15-18(14-25(27)30)26(31)35-16-24(29)17-3-2-4-20(13-17)28(32)33/h2-13,18H,14-16H2,1H3/t18-/m0/s1. The molecule has 0 aliphatic carbocycles. The first kappa shape index (κ1) is 24.4. The third-order valence-electron chi connectivity index (χ3n) is 5.63. The largest absolute Gasteiger partial charge is 0.497 e. The van der Waals surface area contributed by atoms with Gasteiger partial charge in [-0.15, -0.1) is 0 Å². The van der Waals surface area contributed by atoms with Crippen LogP contribution in [0, 0.1) is 16.0 Å². The number of carbonyl (C=O) groups is 3. The number of amides is 1. The minimum atomic E-state index is -0.731. The molecule has 0 unspecified atom stereocenters. The quantitative estimate of drug-likeness (QED) is 0.189. The molecule has 10 heteroatoms. The van der Waals surface area contributed by atoms with Crippen LogP contribution in [0.2, 0.25) is 0 Å². The number of Topliss-reactive ketones (excluding diaryl/α,β-unsaturated/α-hetero) is 1. The minimum absolute atomic E-state index is 0.0477. The lowest BCUT2D eigenvalue weighted by Crippen LogP contribution is -2.27. The molecule has 0 saturated carbocycles. The monoisotopic (exact) mass is 490 g/mol. The number of non-ortho nitro benzene ring substituents is 1. The zero-order valence-corrected chi connectivity index (χ0v) is 19.3. The molecule has 1 amide bonds. The molecule has 1 heterocycles. The van der Waals surface area contributed by atoms with E-state index in [1.807, 2.05) is 0 Å². The van der Waals surface area contributed by atoms with Crippen LogP contribution < -0.4 is 14.4 Å². The average Bonchev–Trinajstić information content (AvgIpc) is 3.29. The van der Waals surface area contributed by atoms with Crippen molar-refractivity contribution in [2.45, 2.75) is 6.42 Å². The van der Waals surface area contributed by atoms with Crippen molar-refractivity contribution in [1.82, 2.24) is 0 Å². The van der Waals surface area contributed by atoms with E-state index in [-0.39, 0.29) is 30.1 Å². The van der Waals surface area contributed by atoms with E-state index in [1.54, 1.807) is 55.6 Å². The lowest BCUT2D eigenvalue weighted by molar-refractivity contribution is -0.384. The van der Waals surface area contributed by atoms with Crippen molar-refractivity contribution in [3.8, 4) is 17.2 Å². The van der Waals surface area contributed by atoms with Crippen molar-refractivity contribution < 1.29 is 33.5 Å². The van der Waals surface area contributed by atoms with Crippen LogP contribution in [0.25, 0.3) is 0 Å². The van der Waals surface area contributed by atoms with E-state index in [0.29, 0.717) is 22.9 Å². The van der Waals surface area contributed by atoms with Crippen LogP contribution in [-0.2, 0) is 14.3 Å². The Labute approximate surface area is 206 Å². The van der Waals surface area contributed by atoms with E-state index < -0.39 is 29.2 Å². The third kappa shape index (κ3) is 5.66. The first-order valence-electron chi connectivity index (χ1n) is 11.0. The molecule has 1 saturated heterocycles. The number of nitro benzene ring substituents is 1. The van der Waals surface area contributed by atoms with Gasteiger partial charge in [0.15, 0.2) is 6.61 Å². The number of benzene rings is 3. The van der Waals surface area contributed by atoms with Gasteiger partial charge in [0.05, 0.1) is 18.0 Å². The highest BCUT2D eigenvalue weighted by Gasteiger charge is 2.36. The van der Waals surface area contributed by atoms with Gasteiger partial charge in [-0.1, -0.05) is 12.1 Å². The fraction of sp³-hybridized carbons (Fsp3) is 0.192. The number of carbonyl (C=O) groups excluding carboxylic acids is 3. The minimum Gasteiger partial charge on any atom is -0.497 e. The Kier molecular flexibility index (Phi) is 7.24. The number of ketones is 1. The molecule has 3 aromatic rings. The molecule has 4 rings (SSSR count). The Morgan fingerprint density at radius 1 is 1.00 bits per heavy atom. The van der Waals surface area contributed by atoms with Crippen LogP contribution in [-0.4, -0.2) is 42.8 Å². The van der Waals surface area contributed by atoms with Crippen molar-refractivity contribution in [3.05, 3.63) is 88.5 Å². The number of nitro groups is 1. The maximum Gasteiger partial charge on any atom is 0.311 e. The van der Waals surface area contributed by atoms with Gasteiger partial charge in [-0.2, -0.15) is 0 Å². The topological polar surface area (TPSA) is 125 Å². The maximum atomic E-state index is 12.5. The van der Waals surface area contributed by atoms with Crippen LogP contribution in [0.1, 0.15) is 16.8 Å². The smallest absolute Gasteiger partial charge is 0.311 e. The van der Waals surface area contributed by atoms with Gasteiger partial charge in [0, 0.05) is 36.3 Å². The summed E-state index contributed by atoms with van der Waals surface area (Å²) in [5, 5.41) is 10.9. The SMILES string of the molecule is COc1ccc(Oc2ccc(N3C[C@@H](C(=O)OCC(=O)c4cccc([N+](=O)[O-])c4)CC3=O)cc2)cc1. The van der Waals surface area contributed by atoms with Gasteiger partial charge in [0.2, 0.25) is 11.7 Å². The Bertz CT molecular complexity index is 1290. The second kappa shape index (κ2) is 10.7. The van der Waals surface area contributed by atoms with E-state index in [4.69, 9.17) is 14.2 Å². The normalized spacial score (nSPS) is 14.9. The lowest BCUT2D eigenvalue weighted by atomic mass is 10.1. The molecule has 184 valence electrons. The van der Waals surface area contributed by atoms with Gasteiger partial charge in [-0.05, 0) is 48.5 Å². The maximum absolute atomic E-state index is 12.5. The summed E-state index contributed by atoms with van der Waals surface area (Å²) >= 11 is 0. The van der Waals surface area contributed by atoms with Gasteiger partial charge < -0.3 is 19.1 Å². The molecule has 0 bridgehead atoms. The van der Waals surface area contributed by atoms with Gasteiger partial charge in [-0.25, -0.2) is 0 Å². The third-order valence-corrected chi connectivity index (χ3v) is 5.63. The Morgan fingerprint density at radius 3 is 2.28 bits per heavy atom. The molecular weight excluding hydrogens is 468 g/mol. The van der Waals surface area contributed by atoms with E-state index in [9.17, 15) is 24.5 Å². The van der Waals surface area contributed by atoms with Gasteiger partial charge in [0.1, 0.15) is 17.2 Å². The first-order chi connectivity index (χ1) is 17.3. The van der Waals surface area contributed by atoms with Crippen LogP contribution in [0.3, 0.4) is 0 Å². The van der Waals surface area contributed by atoms with E-state index in [1.165, 1.54) is 23.1 Å². The number of ether oxygens (including phenoxy) is 3. The first-order valence-corrected chi connectivity index (χ1v) is 11.0. The van der Waals surface area contributed by atoms with Crippen molar-refractivity contribution in [3.63, 3.8) is 0 Å². The molecule has 36 heavy (non-hydrogen) atoms. The predicted octanol–water partition coefficient (Wildman–Crippen LogP) is 4.17. The summed E-state index contributed by atoms with van der Waals surface area (Å²) in [6.07, 6.45) is -0.0477. The predicted molar refractivity (Wildman–Crippen MR) is 128 cm³/mol. The summed E-state index contributed by atoms with van der Waals surface area (Å²) < 4.78 is 16.0. The summed E-state index contributed by atoms with van der Waals surface area (Å²) in [6.45, 7) is -0.455. The van der Waals surface area contributed by atoms with Crippen molar-refractivity contribution in [2.24, 2.45) is 5.92 Å². The molecule has 0 radical (unpaired) electrons. The zero-order chi connectivity index (χ0) is 25.7. The number of anilines is 1. The van der Waals surface area contributed by atoms with Gasteiger partial charge >= 0.3 is 5.97 Å².